The molecule has 3 aromatic rings. The van der Waals surface area contributed by atoms with Crippen molar-refractivity contribution < 1.29 is 18.7 Å². The number of furan rings is 1. The SMILES string of the molecule is O=C(Nc1cccc(COCc2ccco2)c1)N1CCCN(C(=O)c2ccccc2)CC1. The molecule has 7 nitrogen and oxygen atoms in total. The standard InChI is InChI=1S/C25H27N3O4/c29-24(21-8-2-1-3-9-21)27-12-6-13-28(15-14-27)25(30)26-22-10-4-7-20(17-22)18-31-19-23-11-5-16-32-23/h1-5,7-11,16-17H,6,12-15,18-19H2,(H,26,30). The van der Waals surface area contributed by atoms with E-state index in [1.807, 2.05) is 71.6 Å². The number of rotatable bonds is 6. The highest BCUT2D eigenvalue weighted by Gasteiger charge is 2.22. The van der Waals surface area contributed by atoms with Gasteiger partial charge in [0.25, 0.3) is 5.91 Å². The van der Waals surface area contributed by atoms with Crippen LogP contribution in [0.25, 0.3) is 0 Å². The van der Waals surface area contributed by atoms with Gasteiger partial charge in [0.15, 0.2) is 0 Å². The molecule has 0 bridgehead atoms. The number of ether oxygens (including phenoxy) is 1. The Hall–Kier alpha value is -3.58. The Morgan fingerprint density at radius 3 is 2.50 bits per heavy atom. The molecule has 1 saturated heterocycles. The first-order valence-corrected chi connectivity index (χ1v) is 10.8. The van der Waals surface area contributed by atoms with Crippen LogP contribution in [0.3, 0.4) is 0 Å². The van der Waals surface area contributed by atoms with E-state index in [0.29, 0.717) is 45.0 Å². The first kappa shape index (κ1) is 21.6. The zero-order valence-electron chi connectivity index (χ0n) is 17.9. The third-order valence-corrected chi connectivity index (χ3v) is 5.36. The highest BCUT2D eigenvalue weighted by Crippen LogP contribution is 2.15. The van der Waals surface area contributed by atoms with E-state index in [1.165, 1.54) is 0 Å². The molecule has 0 spiro atoms. The molecule has 2 aromatic carbocycles. The van der Waals surface area contributed by atoms with E-state index in [2.05, 4.69) is 5.32 Å². The second-order valence-corrected chi connectivity index (χ2v) is 7.70. The molecule has 7 heteroatoms. The number of carbonyl (C=O) groups is 2. The maximum atomic E-state index is 12.8. The highest BCUT2D eigenvalue weighted by molar-refractivity contribution is 5.94. The van der Waals surface area contributed by atoms with Crippen LogP contribution in [-0.2, 0) is 18.0 Å². The van der Waals surface area contributed by atoms with Crippen LogP contribution in [0.5, 0.6) is 0 Å². The Labute approximate surface area is 187 Å². The molecule has 0 atom stereocenters. The van der Waals surface area contributed by atoms with Gasteiger partial charge in [-0.25, -0.2) is 4.79 Å². The molecule has 1 fully saturated rings. The van der Waals surface area contributed by atoms with Gasteiger partial charge < -0.3 is 24.3 Å². The topological polar surface area (TPSA) is 75.0 Å². The van der Waals surface area contributed by atoms with Crippen molar-refractivity contribution in [2.75, 3.05) is 31.5 Å². The lowest BCUT2D eigenvalue weighted by Crippen LogP contribution is -2.39. The van der Waals surface area contributed by atoms with Gasteiger partial charge in [-0.2, -0.15) is 0 Å². The largest absolute Gasteiger partial charge is 0.467 e. The number of hydrogen-bond acceptors (Lipinski definition) is 4. The summed E-state index contributed by atoms with van der Waals surface area (Å²) in [6.45, 7) is 3.08. The second kappa shape index (κ2) is 10.6. The summed E-state index contributed by atoms with van der Waals surface area (Å²) < 4.78 is 10.9. The third-order valence-electron chi connectivity index (χ3n) is 5.36. The van der Waals surface area contributed by atoms with Gasteiger partial charge in [-0.15, -0.1) is 0 Å². The quantitative estimate of drug-likeness (QED) is 0.626. The minimum absolute atomic E-state index is 0.00936. The normalized spacial score (nSPS) is 14.1. The number of hydrogen-bond donors (Lipinski definition) is 1. The lowest BCUT2D eigenvalue weighted by atomic mass is 10.2. The summed E-state index contributed by atoms with van der Waals surface area (Å²) in [7, 11) is 0. The van der Waals surface area contributed by atoms with E-state index in [1.54, 1.807) is 11.2 Å². The fraction of sp³-hybridized carbons (Fsp3) is 0.280. The molecule has 0 aliphatic carbocycles. The second-order valence-electron chi connectivity index (χ2n) is 7.70. The van der Waals surface area contributed by atoms with Crippen LogP contribution in [0.2, 0.25) is 0 Å². The van der Waals surface area contributed by atoms with Gasteiger partial charge in [-0.1, -0.05) is 30.3 Å². The van der Waals surface area contributed by atoms with Gasteiger partial charge in [0, 0.05) is 37.4 Å². The van der Waals surface area contributed by atoms with E-state index in [9.17, 15) is 9.59 Å². The highest BCUT2D eigenvalue weighted by atomic mass is 16.5. The van der Waals surface area contributed by atoms with Gasteiger partial charge in [-0.3, -0.25) is 4.79 Å². The Morgan fingerprint density at radius 1 is 0.875 bits per heavy atom. The fourth-order valence-electron chi connectivity index (χ4n) is 3.69. The molecular formula is C25H27N3O4. The van der Waals surface area contributed by atoms with Gasteiger partial charge in [-0.05, 0) is 48.4 Å². The van der Waals surface area contributed by atoms with Crippen molar-refractivity contribution in [1.29, 1.82) is 0 Å². The predicted octanol–water partition coefficient (Wildman–Crippen LogP) is 4.38. The molecule has 4 rings (SSSR count). The molecule has 166 valence electrons. The third kappa shape index (κ3) is 5.76. The van der Waals surface area contributed by atoms with Crippen LogP contribution in [0.15, 0.2) is 77.4 Å². The summed E-state index contributed by atoms with van der Waals surface area (Å²) in [5.74, 6) is 0.783. The minimum Gasteiger partial charge on any atom is -0.467 e. The van der Waals surface area contributed by atoms with E-state index in [0.717, 1.165) is 23.4 Å². The summed E-state index contributed by atoms with van der Waals surface area (Å²) in [6.07, 6.45) is 2.36. The van der Waals surface area contributed by atoms with Crippen molar-refractivity contribution in [1.82, 2.24) is 9.80 Å². The molecule has 32 heavy (non-hydrogen) atoms. The zero-order chi connectivity index (χ0) is 22.2. The van der Waals surface area contributed by atoms with Crippen LogP contribution >= 0.6 is 0 Å². The Kier molecular flexibility index (Phi) is 7.19. The monoisotopic (exact) mass is 433 g/mol. The molecule has 1 N–H and O–H groups in total. The zero-order valence-corrected chi connectivity index (χ0v) is 17.9. The summed E-state index contributed by atoms with van der Waals surface area (Å²) in [5, 5.41) is 2.97. The fourth-order valence-corrected chi connectivity index (χ4v) is 3.69. The predicted molar refractivity (Wildman–Crippen MR) is 121 cm³/mol. The Bertz CT molecular complexity index is 1020. The molecule has 1 aliphatic heterocycles. The van der Waals surface area contributed by atoms with Crippen LogP contribution in [0.4, 0.5) is 10.5 Å². The lowest BCUT2D eigenvalue weighted by molar-refractivity contribution is 0.0762. The number of benzene rings is 2. The van der Waals surface area contributed by atoms with Crippen molar-refractivity contribution in [3.8, 4) is 0 Å². The molecule has 0 unspecified atom stereocenters. The number of carbonyl (C=O) groups excluding carboxylic acids is 2. The van der Waals surface area contributed by atoms with E-state index in [-0.39, 0.29) is 11.9 Å². The van der Waals surface area contributed by atoms with E-state index in [4.69, 9.17) is 9.15 Å². The van der Waals surface area contributed by atoms with Crippen LogP contribution < -0.4 is 5.32 Å². The van der Waals surface area contributed by atoms with Crippen molar-refractivity contribution >= 4 is 17.6 Å². The van der Waals surface area contributed by atoms with Gasteiger partial charge in [0.05, 0.1) is 12.9 Å². The van der Waals surface area contributed by atoms with Crippen molar-refractivity contribution in [3.05, 3.63) is 89.9 Å². The van der Waals surface area contributed by atoms with Crippen molar-refractivity contribution in [2.45, 2.75) is 19.6 Å². The molecule has 0 saturated carbocycles. The number of amides is 3. The molecule has 3 amide bonds. The molecule has 0 radical (unpaired) electrons. The lowest BCUT2D eigenvalue weighted by Gasteiger charge is -2.22. The summed E-state index contributed by atoms with van der Waals surface area (Å²) in [6, 6.07) is 20.4. The van der Waals surface area contributed by atoms with Crippen molar-refractivity contribution in [3.63, 3.8) is 0 Å². The number of nitrogens with one attached hydrogen (secondary N) is 1. The summed E-state index contributed by atoms with van der Waals surface area (Å²) >= 11 is 0. The average Bonchev–Trinajstić information content (AvgIpc) is 3.21. The number of nitrogens with zero attached hydrogens (tertiary/aromatic N) is 2. The van der Waals surface area contributed by atoms with Gasteiger partial charge in [0.2, 0.25) is 0 Å². The molecule has 1 aliphatic rings. The average molecular weight is 434 g/mol. The van der Waals surface area contributed by atoms with E-state index < -0.39 is 0 Å². The first-order chi connectivity index (χ1) is 15.7. The summed E-state index contributed by atoms with van der Waals surface area (Å²) in [5.41, 5.74) is 2.36. The van der Waals surface area contributed by atoms with Crippen molar-refractivity contribution in [2.24, 2.45) is 0 Å². The van der Waals surface area contributed by atoms with Gasteiger partial charge >= 0.3 is 6.03 Å². The Morgan fingerprint density at radius 2 is 1.69 bits per heavy atom. The number of anilines is 1. The van der Waals surface area contributed by atoms with Crippen LogP contribution in [-0.4, -0.2) is 47.9 Å². The maximum Gasteiger partial charge on any atom is 0.321 e. The molecule has 2 heterocycles. The molecule has 1 aromatic heterocycles. The van der Waals surface area contributed by atoms with Crippen LogP contribution in [0.1, 0.15) is 28.1 Å². The maximum absolute atomic E-state index is 12.8. The smallest absolute Gasteiger partial charge is 0.321 e. The van der Waals surface area contributed by atoms with Gasteiger partial charge in [0.1, 0.15) is 12.4 Å². The first-order valence-electron chi connectivity index (χ1n) is 10.8. The number of urea groups is 1. The van der Waals surface area contributed by atoms with Crippen LogP contribution in [0, 0.1) is 0 Å². The summed E-state index contributed by atoms with van der Waals surface area (Å²) in [4.78, 5) is 29.1. The van der Waals surface area contributed by atoms with E-state index >= 15 is 0 Å². The minimum atomic E-state index is -0.160. The Balaban J connectivity index is 1.28. The molecular weight excluding hydrogens is 406 g/mol.